The van der Waals surface area contributed by atoms with E-state index < -0.39 is 17.3 Å². The number of pyridine rings is 1. The van der Waals surface area contributed by atoms with E-state index in [0.29, 0.717) is 11.1 Å². The third-order valence-corrected chi connectivity index (χ3v) is 3.32. The number of carbonyl (C=O) groups excluding carboxylic acids is 1. The van der Waals surface area contributed by atoms with E-state index in [1.165, 1.54) is 30.3 Å². The van der Waals surface area contributed by atoms with Gasteiger partial charge in [0.05, 0.1) is 6.61 Å². The molecule has 0 spiro atoms. The lowest BCUT2D eigenvalue weighted by Gasteiger charge is -2.13. The van der Waals surface area contributed by atoms with Crippen molar-refractivity contribution in [3.63, 3.8) is 0 Å². The SMILES string of the molecule is [C-]#[N+]c1c(C(=C)C)cc(C(=O)OCC)c(=O)n1-c1ccc(F)cc1. The molecule has 1 aromatic carbocycles. The molecule has 0 aliphatic rings. The number of rotatable bonds is 4. The van der Waals surface area contributed by atoms with Gasteiger partial charge in [0.15, 0.2) is 0 Å². The van der Waals surface area contributed by atoms with Crippen LogP contribution in [0.3, 0.4) is 0 Å². The number of benzene rings is 1. The number of hydrogen-bond donors (Lipinski definition) is 0. The predicted octanol–water partition coefficient (Wildman–Crippen LogP) is 3.74. The van der Waals surface area contributed by atoms with Gasteiger partial charge in [0.2, 0.25) is 5.82 Å². The van der Waals surface area contributed by atoms with Crippen LogP contribution in [0.2, 0.25) is 0 Å². The first-order chi connectivity index (χ1) is 11.4. The Labute approximate surface area is 138 Å². The summed E-state index contributed by atoms with van der Waals surface area (Å²) in [5.74, 6) is -1.25. The molecule has 0 N–H and O–H groups in total. The van der Waals surface area contributed by atoms with Crippen LogP contribution in [-0.2, 0) is 4.74 Å². The highest BCUT2D eigenvalue weighted by Gasteiger charge is 2.23. The van der Waals surface area contributed by atoms with Crippen LogP contribution in [0.1, 0.15) is 29.8 Å². The number of halogens is 1. The maximum atomic E-state index is 13.2. The second kappa shape index (κ2) is 6.92. The first-order valence-electron chi connectivity index (χ1n) is 7.17. The third kappa shape index (κ3) is 3.10. The third-order valence-electron chi connectivity index (χ3n) is 3.32. The molecule has 1 heterocycles. The van der Waals surface area contributed by atoms with Crippen molar-refractivity contribution in [2.75, 3.05) is 6.61 Å². The van der Waals surface area contributed by atoms with Crippen LogP contribution in [-0.4, -0.2) is 17.1 Å². The van der Waals surface area contributed by atoms with E-state index in [0.717, 1.165) is 4.57 Å². The van der Waals surface area contributed by atoms with Crippen molar-refractivity contribution in [2.24, 2.45) is 0 Å². The largest absolute Gasteiger partial charge is 0.462 e. The zero-order valence-electron chi connectivity index (χ0n) is 13.3. The van der Waals surface area contributed by atoms with Crippen molar-refractivity contribution in [1.29, 1.82) is 0 Å². The lowest BCUT2D eigenvalue weighted by atomic mass is 10.1. The summed E-state index contributed by atoms with van der Waals surface area (Å²) in [6.07, 6.45) is 0. The van der Waals surface area contributed by atoms with Crippen LogP contribution in [0.25, 0.3) is 16.1 Å². The molecule has 6 heteroatoms. The minimum Gasteiger partial charge on any atom is -0.462 e. The molecule has 0 radical (unpaired) electrons. The van der Waals surface area contributed by atoms with E-state index >= 15 is 0 Å². The highest BCUT2D eigenvalue weighted by atomic mass is 19.1. The summed E-state index contributed by atoms with van der Waals surface area (Å²) in [5, 5.41) is 0. The number of carbonyl (C=O) groups is 1. The number of allylic oxidation sites excluding steroid dienone is 1. The lowest BCUT2D eigenvalue weighted by Crippen LogP contribution is -2.27. The van der Waals surface area contributed by atoms with Crippen LogP contribution >= 0.6 is 0 Å². The Morgan fingerprint density at radius 2 is 1.96 bits per heavy atom. The molecule has 0 atom stereocenters. The average molecular weight is 326 g/mol. The van der Waals surface area contributed by atoms with Crippen molar-refractivity contribution < 1.29 is 13.9 Å². The molecular weight excluding hydrogens is 311 g/mol. The highest BCUT2D eigenvalue weighted by Crippen LogP contribution is 2.28. The summed E-state index contributed by atoms with van der Waals surface area (Å²) in [4.78, 5) is 28.2. The molecule has 2 rings (SSSR count). The Balaban J connectivity index is 2.87. The van der Waals surface area contributed by atoms with Crippen molar-refractivity contribution in [1.82, 2.24) is 4.57 Å². The minimum atomic E-state index is -0.780. The summed E-state index contributed by atoms with van der Waals surface area (Å²) < 4.78 is 19.1. The van der Waals surface area contributed by atoms with Gasteiger partial charge in [0.1, 0.15) is 17.1 Å². The van der Waals surface area contributed by atoms with Gasteiger partial charge in [-0.3, -0.25) is 0 Å². The van der Waals surface area contributed by atoms with Crippen LogP contribution in [0.4, 0.5) is 10.2 Å². The van der Waals surface area contributed by atoms with Gasteiger partial charge in [-0.25, -0.2) is 18.5 Å². The van der Waals surface area contributed by atoms with E-state index in [1.807, 2.05) is 0 Å². The molecule has 0 bridgehead atoms. The fourth-order valence-electron chi connectivity index (χ4n) is 2.22. The minimum absolute atomic E-state index is 0.00663. The summed E-state index contributed by atoms with van der Waals surface area (Å²) in [5.41, 5.74) is 0.253. The summed E-state index contributed by atoms with van der Waals surface area (Å²) >= 11 is 0. The molecule has 122 valence electrons. The predicted molar refractivity (Wildman–Crippen MR) is 88.9 cm³/mol. The smallest absolute Gasteiger partial charge is 0.346 e. The molecule has 0 aliphatic heterocycles. The van der Waals surface area contributed by atoms with Crippen molar-refractivity contribution in [3.05, 3.63) is 75.6 Å². The quantitative estimate of drug-likeness (QED) is 0.635. The molecule has 0 amide bonds. The summed E-state index contributed by atoms with van der Waals surface area (Å²) in [6.45, 7) is 14.6. The van der Waals surface area contributed by atoms with Crippen LogP contribution in [0.15, 0.2) is 41.7 Å². The topological polar surface area (TPSA) is 52.7 Å². The van der Waals surface area contributed by atoms with Gasteiger partial charge in [-0.1, -0.05) is 18.7 Å². The van der Waals surface area contributed by atoms with Gasteiger partial charge in [0.25, 0.3) is 0 Å². The number of ether oxygens (including phenoxy) is 1. The number of aromatic nitrogens is 1. The average Bonchev–Trinajstić information content (AvgIpc) is 2.55. The number of esters is 1. The molecule has 5 nitrogen and oxygen atoms in total. The molecule has 0 unspecified atom stereocenters. The Morgan fingerprint density at radius 3 is 2.46 bits per heavy atom. The number of nitrogens with zero attached hydrogens (tertiary/aromatic N) is 2. The molecule has 0 saturated carbocycles. The maximum absolute atomic E-state index is 13.2. The zero-order chi connectivity index (χ0) is 17.9. The van der Waals surface area contributed by atoms with Gasteiger partial charge in [-0.15, -0.1) is 0 Å². The second-order valence-electron chi connectivity index (χ2n) is 5.02. The molecule has 24 heavy (non-hydrogen) atoms. The fraction of sp³-hybridized carbons (Fsp3) is 0.167. The lowest BCUT2D eigenvalue weighted by molar-refractivity contribution is 0.0524. The van der Waals surface area contributed by atoms with E-state index in [9.17, 15) is 14.0 Å². The molecule has 0 aliphatic carbocycles. The molecule has 2 aromatic rings. The standard InChI is InChI=1S/C18H15FN2O3/c1-5-24-18(23)15-10-14(11(2)3)16(20-4)21(17(15)22)13-8-6-12(19)7-9-13/h6-10H,2,5H2,1,3H3. The van der Waals surface area contributed by atoms with Crippen molar-refractivity contribution >= 4 is 17.4 Å². The van der Waals surface area contributed by atoms with Gasteiger partial charge >= 0.3 is 11.5 Å². The summed E-state index contributed by atoms with van der Waals surface area (Å²) in [6, 6.07) is 6.39. The van der Waals surface area contributed by atoms with E-state index in [-0.39, 0.29) is 23.7 Å². The zero-order valence-corrected chi connectivity index (χ0v) is 13.3. The van der Waals surface area contributed by atoms with E-state index in [4.69, 9.17) is 11.3 Å². The van der Waals surface area contributed by atoms with E-state index in [2.05, 4.69) is 11.4 Å². The van der Waals surface area contributed by atoms with E-state index in [1.54, 1.807) is 13.8 Å². The van der Waals surface area contributed by atoms with Crippen LogP contribution in [0, 0.1) is 12.4 Å². The Hall–Kier alpha value is -3.20. The Morgan fingerprint density at radius 1 is 1.33 bits per heavy atom. The Bertz CT molecular complexity index is 906. The monoisotopic (exact) mass is 326 g/mol. The van der Waals surface area contributed by atoms with Crippen molar-refractivity contribution in [2.45, 2.75) is 13.8 Å². The van der Waals surface area contributed by atoms with Gasteiger partial charge in [-0.05, 0) is 44.2 Å². The fourth-order valence-corrected chi connectivity index (χ4v) is 2.22. The molecule has 1 aromatic heterocycles. The van der Waals surface area contributed by atoms with Crippen LogP contribution in [0.5, 0.6) is 0 Å². The Kier molecular flexibility index (Phi) is 4.95. The second-order valence-corrected chi connectivity index (χ2v) is 5.02. The van der Waals surface area contributed by atoms with Gasteiger partial charge < -0.3 is 9.58 Å². The van der Waals surface area contributed by atoms with Crippen molar-refractivity contribution in [3.8, 4) is 5.69 Å². The maximum Gasteiger partial charge on any atom is 0.346 e. The molecular formula is C18H15FN2O3. The normalized spacial score (nSPS) is 10.1. The van der Waals surface area contributed by atoms with Crippen LogP contribution < -0.4 is 5.56 Å². The summed E-state index contributed by atoms with van der Waals surface area (Å²) in [7, 11) is 0. The first-order valence-corrected chi connectivity index (χ1v) is 7.17. The van der Waals surface area contributed by atoms with Gasteiger partial charge in [-0.2, -0.15) is 0 Å². The van der Waals surface area contributed by atoms with Gasteiger partial charge in [0, 0.05) is 5.56 Å². The number of hydrogen-bond acceptors (Lipinski definition) is 3. The first kappa shape index (κ1) is 17.2. The molecule has 0 saturated heterocycles. The highest BCUT2D eigenvalue weighted by molar-refractivity contribution is 5.91. The molecule has 0 fully saturated rings.